The van der Waals surface area contributed by atoms with Crippen molar-refractivity contribution in [2.45, 2.75) is 19.4 Å². The van der Waals surface area contributed by atoms with E-state index in [1.54, 1.807) is 31.6 Å². The Balaban J connectivity index is 1.64. The predicted octanol–water partition coefficient (Wildman–Crippen LogP) is 4.55. The van der Waals surface area contributed by atoms with Crippen LogP contribution in [0.3, 0.4) is 0 Å². The first-order chi connectivity index (χ1) is 16.5. The Kier molecular flexibility index (Phi) is 5.81. The number of hydrogen-bond donors (Lipinski definition) is 1. The van der Waals surface area contributed by atoms with Crippen molar-refractivity contribution < 1.29 is 9.53 Å². The van der Waals surface area contributed by atoms with Gasteiger partial charge in [-0.1, -0.05) is 23.7 Å². The summed E-state index contributed by atoms with van der Waals surface area (Å²) < 4.78 is 7.45. The maximum Gasteiger partial charge on any atom is 0.227 e. The number of benzene rings is 2. The van der Waals surface area contributed by atoms with Crippen LogP contribution in [0.5, 0.6) is 5.75 Å². The number of aromatic nitrogens is 4. The molecular weight excluding hydrogens is 452 g/mol. The van der Waals surface area contributed by atoms with Gasteiger partial charge < -0.3 is 10.1 Å². The van der Waals surface area contributed by atoms with Crippen LogP contribution in [0.2, 0.25) is 5.02 Å². The number of aryl methyl sites for hydroxylation is 1. The topological polar surface area (TPSA) is 94.3 Å². The number of methoxy groups -OCH3 is 1. The predicted molar refractivity (Wildman–Crippen MR) is 130 cm³/mol. The van der Waals surface area contributed by atoms with E-state index in [0.29, 0.717) is 28.1 Å². The standard InChI is InChI=1S/C25H21ClN6O2/c1-15-30-31-25-21(14-23(33)28-18-9-11-27-12-10-18)29-24(16-3-5-17(26)6-4-16)20-13-19(34-2)7-8-22(20)32(15)25/h3-13,21H,14H2,1-2H3,(H,27,28,33)/t21-/m0/s1. The molecule has 170 valence electrons. The zero-order valence-electron chi connectivity index (χ0n) is 18.6. The van der Waals surface area contributed by atoms with Gasteiger partial charge in [-0.25, -0.2) is 0 Å². The molecule has 0 fully saturated rings. The SMILES string of the molecule is COc1ccc2c(c1)C(c1ccc(Cl)cc1)=N[C@@H](CC(=O)Nc1ccncc1)c1nnc(C)n1-2. The van der Waals surface area contributed by atoms with E-state index in [0.717, 1.165) is 22.5 Å². The minimum atomic E-state index is -0.563. The van der Waals surface area contributed by atoms with Crippen molar-refractivity contribution in [1.29, 1.82) is 0 Å². The van der Waals surface area contributed by atoms with Gasteiger partial charge in [0, 0.05) is 34.2 Å². The number of amides is 1. The average molecular weight is 473 g/mol. The lowest BCUT2D eigenvalue weighted by Crippen LogP contribution is -2.17. The highest BCUT2D eigenvalue weighted by molar-refractivity contribution is 6.30. The molecule has 1 aliphatic heterocycles. The fourth-order valence-electron chi connectivity index (χ4n) is 4.00. The van der Waals surface area contributed by atoms with Gasteiger partial charge in [0.05, 0.1) is 24.9 Å². The number of nitrogens with zero attached hydrogens (tertiary/aromatic N) is 5. The number of carbonyl (C=O) groups is 1. The first-order valence-electron chi connectivity index (χ1n) is 10.7. The van der Waals surface area contributed by atoms with Gasteiger partial charge in [0.15, 0.2) is 5.82 Å². The smallest absolute Gasteiger partial charge is 0.227 e. The fourth-order valence-corrected chi connectivity index (χ4v) is 4.13. The second-order valence-corrected chi connectivity index (χ2v) is 8.25. The summed E-state index contributed by atoms with van der Waals surface area (Å²) in [6, 6.07) is 16.2. The van der Waals surface area contributed by atoms with Crippen molar-refractivity contribution in [2.75, 3.05) is 12.4 Å². The first-order valence-corrected chi connectivity index (χ1v) is 11.1. The summed E-state index contributed by atoms with van der Waals surface area (Å²) in [5, 5.41) is 12.2. The molecule has 2 aromatic carbocycles. The van der Waals surface area contributed by atoms with Crippen LogP contribution in [0.15, 0.2) is 72.0 Å². The third kappa shape index (κ3) is 4.15. The van der Waals surface area contributed by atoms with Gasteiger partial charge in [0.2, 0.25) is 5.91 Å². The molecule has 0 radical (unpaired) electrons. The van der Waals surface area contributed by atoms with Crippen molar-refractivity contribution in [3.8, 4) is 11.4 Å². The number of halogens is 1. The highest BCUT2D eigenvalue weighted by atomic mass is 35.5. The Bertz CT molecular complexity index is 1380. The van der Waals surface area contributed by atoms with Crippen molar-refractivity contribution in [3.63, 3.8) is 0 Å². The average Bonchev–Trinajstić information content (AvgIpc) is 3.17. The highest BCUT2D eigenvalue weighted by Gasteiger charge is 2.30. The molecule has 0 saturated heterocycles. The molecule has 1 amide bonds. The van der Waals surface area contributed by atoms with Gasteiger partial charge in [-0.3, -0.25) is 19.3 Å². The zero-order chi connectivity index (χ0) is 23.7. The zero-order valence-corrected chi connectivity index (χ0v) is 19.3. The summed E-state index contributed by atoms with van der Waals surface area (Å²) in [5.41, 5.74) is 3.97. The summed E-state index contributed by atoms with van der Waals surface area (Å²) in [6.07, 6.45) is 3.34. The molecule has 3 heterocycles. The number of rotatable bonds is 5. The van der Waals surface area contributed by atoms with Crippen molar-refractivity contribution in [3.05, 3.63) is 94.8 Å². The van der Waals surface area contributed by atoms with E-state index in [4.69, 9.17) is 21.3 Å². The molecule has 8 nitrogen and oxygen atoms in total. The maximum absolute atomic E-state index is 13.0. The van der Waals surface area contributed by atoms with Crippen LogP contribution < -0.4 is 10.1 Å². The van der Waals surface area contributed by atoms with Crippen molar-refractivity contribution in [1.82, 2.24) is 19.7 Å². The van der Waals surface area contributed by atoms with E-state index in [-0.39, 0.29) is 12.3 Å². The molecule has 5 rings (SSSR count). The molecule has 4 aromatic rings. The Morgan fingerprint density at radius 1 is 1.09 bits per heavy atom. The van der Waals surface area contributed by atoms with Gasteiger partial charge in [-0.2, -0.15) is 0 Å². The minimum Gasteiger partial charge on any atom is -0.497 e. The van der Waals surface area contributed by atoms with E-state index in [9.17, 15) is 4.79 Å². The van der Waals surface area contributed by atoms with Crippen LogP contribution in [-0.2, 0) is 4.79 Å². The number of ether oxygens (including phenoxy) is 1. The molecule has 1 N–H and O–H groups in total. The lowest BCUT2D eigenvalue weighted by molar-refractivity contribution is -0.116. The number of carbonyl (C=O) groups excluding carboxylic acids is 1. The number of nitrogens with one attached hydrogen (secondary N) is 1. The number of anilines is 1. The molecule has 0 aliphatic carbocycles. The van der Waals surface area contributed by atoms with E-state index < -0.39 is 6.04 Å². The number of pyridine rings is 1. The Labute approximate surface area is 201 Å². The molecule has 0 spiro atoms. The van der Waals surface area contributed by atoms with E-state index in [1.165, 1.54) is 0 Å². The first kappa shape index (κ1) is 21.8. The summed E-state index contributed by atoms with van der Waals surface area (Å²) in [5.74, 6) is 1.80. The molecule has 1 aliphatic rings. The van der Waals surface area contributed by atoms with Crippen LogP contribution in [0.25, 0.3) is 5.69 Å². The second-order valence-electron chi connectivity index (χ2n) is 7.81. The third-order valence-corrected chi connectivity index (χ3v) is 5.85. The molecular formula is C25H21ClN6O2. The van der Waals surface area contributed by atoms with Gasteiger partial charge in [0.1, 0.15) is 17.6 Å². The van der Waals surface area contributed by atoms with Gasteiger partial charge >= 0.3 is 0 Å². The monoisotopic (exact) mass is 472 g/mol. The molecule has 9 heteroatoms. The lowest BCUT2D eigenvalue weighted by Gasteiger charge is -2.14. The molecule has 0 saturated carbocycles. The minimum absolute atomic E-state index is 0.0860. The maximum atomic E-state index is 13.0. The summed E-state index contributed by atoms with van der Waals surface area (Å²) >= 11 is 6.14. The quantitative estimate of drug-likeness (QED) is 0.459. The van der Waals surface area contributed by atoms with E-state index in [1.807, 2.05) is 54.0 Å². The van der Waals surface area contributed by atoms with Crippen LogP contribution >= 0.6 is 11.6 Å². The lowest BCUT2D eigenvalue weighted by atomic mass is 10.00. The van der Waals surface area contributed by atoms with Gasteiger partial charge in [0.25, 0.3) is 0 Å². The van der Waals surface area contributed by atoms with Crippen LogP contribution in [0.1, 0.15) is 35.2 Å². The van der Waals surface area contributed by atoms with Crippen LogP contribution in [0.4, 0.5) is 5.69 Å². The van der Waals surface area contributed by atoms with Crippen LogP contribution in [0, 0.1) is 6.92 Å². The molecule has 34 heavy (non-hydrogen) atoms. The van der Waals surface area contributed by atoms with Crippen molar-refractivity contribution >= 4 is 28.9 Å². The number of hydrogen-bond acceptors (Lipinski definition) is 6. The fraction of sp³-hybridized carbons (Fsp3) is 0.160. The second kappa shape index (κ2) is 9.07. The third-order valence-electron chi connectivity index (χ3n) is 5.59. The molecule has 0 bridgehead atoms. The Morgan fingerprint density at radius 3 is 2.59 bits per heavy atom. The number of aliphatic imine (C=N–C) groups is 1. The van der Waals surface area contributed by atoms with E-state index >= 15 is 0 Å². The van der Waals surface area contributed by atoms with Crippen molar-refractivity contribution in [2.24, 2.45) is 4.99 Å². The molecule has 0 unspecified atom stereocenters. The van der Waals surface area contributed by atoms with Gasteiger partial charge in [-0.05, 0) is 49.4 Å². The summed E-state index contributed by atoms with van der Waals surface area (Å²) in [4.78, 5) is 22.0. The summed E-state index contributed by atoms with van der Waals surface area (Å²) in [6.45, 7) is 1.88. The summed E-state index contributed by atoms with van der Waals surface area (Å²) in [7, 11) is 1.62. The Hall–Kier alpha value is -4.04. The number of fused-ring (bicyclic) bond motifs is 3. The van der Waals surface area contributed by atoms with E-state index in [2.05, 4.69) is 20.5 Å². The molecule has 1 atom stereocenters. The Morgan fingerprint density at radius 2 is 1.85 bits per heavy atom. The largest absolute Gasteiger partial charge is 0.497 e. The van der Waals surface area contributed by atoms with Crippen LogP contribution in [-0.4, -0.2) is 38.5 Å². The van der Waals surface area contributed by atoms with Gasteiger partial charge in [-0.15, -0.1) is 10.2 Å². The normalized spacial score (nSPS) is 14.4. The molecule has 2 aromatic heterocycles. The highest BCUT2D eigenvalue weighted by Crippen LogP contribution is 2.34.